The van der Waals surface area contributed by atoms with Crippen LogP contribution in [0.1, 0.15) is 104 Å². The molecule has 4 aromatic carbocycles. The van der Waals surface area contributed by atoms with Gasteiger partial charge in [0, 0.05) is 21.5 Å². The number of rotatable bonds is 20. The molecular formula is C39H50N2O6S2. The predicted octanol–water partition coefficient (Wildman–Crippen LogP) is 10.1. The minimum Gasteiger partial charge on any atom is -0.493 e. The maximum absolute atomic E-state index is 14.1. The van der Waals surface area contributed by atoms with E-state index >= 15 is 0 Å². The van der Waals surface area contributed by atoms with Gasteiger partial charge in [-0.1, -0.05) is 139 Å². The van der Waals surface area contributed by atoms with Gasteiger partial charge in [0.05, 0.1) is 23.0 Å². The molecule has 4 rings (SSSR count). The molecule has 0 amide bonds. The summed E-state index contributed by atoms with van der Waals surface area (Å²) in [4.78, 5) is 2.33. The third-order valence-corrected chi connectivity index (χ3v) is 13.1. The zero-order valence-corrected chi connectivity index (χ0v) is 30.5. The summed E-state index contributed by atoms with van der Waals surface area (Å²) in [5, 5.41) is 1.59. The lowest BCUT2D eigenvalue weighted by Crippen LogP contribution is -2.26. The van der Waals surface area contributed by atoms with Crippen molar-refractivity contribution < 1.29 is 31.1 Å². The van der Waals surface area contributed by atoms with Gasteiger partial charge in [0.2, 0.25) is 0 Å². The van der Waals surface area contributed by atoms with E-state index < -0.39 is 24.1 Å². The highest BCUT2D eigenvalue weighted by molar-refractivity contribution is 8.31. The molecule has 0 aliphatic rings. The Morgan fingerprint density at radius 2 is 0.857 bits per heavy atom. The Balaban J connectivity index is 1.55. The van der Waals surface area contributed by atoms with E-state index in [1.54, 1.807) is 48.5 Å². The van der Waals surface area contributed by atoms with Gasteiger partial charge in [-0.05, 0) is 37.1 Å². The molecule has 8 nitrogen and oxygen atoms in total. The molecule has 0 saturated heterocycles. The number of benzene rings is 4. The van der Waals surface area contributed by atoms with Gasteiger partial charge in [-0.25, -0.2) is 16.8 Å². The molecule has 0 unspecified atom stereocenters. The first-order chi connectivity index (χ1) is 23.8. The molecule has 264 valence electrons. The molecule has 0 aliphatic carbocycles. The first-order valence-corrected chi connectivity index (χ1v) is 20.7. The lowest BCUT2D eigenvalue weighted by molar-refractivity contribution is 0.00381. The van der Waals surface area contributed by atoms with Gasteiger partial charge in [-0.2, -0.15) is 0 Å². The van der Waals surface area contributed by atoms with Crippen LogP contribution in [0.25, 0.3) is 27.1 Å². The van der Waals surface area contributed by atoms with Crippen LogP contribution in [0.2, 0.25) is 0 Å². The monoisotopic (exact) mass is 706 g/mol. The van der Waals surface area contributed by atoms with Crippen LogP contribution >= 0.6 is 0 Å². The molecule has 0 heterocycles. The predicted molar refractivity (Wildman–Crippen MR) is 198 cm³/mol. The number of unbranched alkanes of at least 4 members (excludes halogenated alkanes) is 12. The molecule has 0 N–H and O–H groups in total. The van der Waals surface area contributed by atoms with Crippen molar-refractivity contribution in [1.29, 1.82) is 0 Å². The van der Waals surface area contributed by atoms with Crippen LogP contribution in [0.3, 0.4) is 0 Å². The van der Waals surface area contributed by atoms with Crippen molar-refractivity contribution in [2.75, 3.05) is 13.2 Å². The van der Waals surface area contributed by atoms with Crippen molar-refractivity contribution in [3.05, 3.63) is 78.3 Å². The summed E-state index contributed by atoms with van der Waals surface area (Å²) >= 11 is 0. The number of sulfone groups is 2. The van der Waals surface area contributed by atoms with E-state index in [0.29, 0.717) is 35.5 Å². The number of nitrogens with zero attached hydrogens (tertiary/aromatic N) is 2. The molecule has 0 aromatic heterocycles. The minimum absolute atomic E-state index is 0.273. The second-order valence-corrected chi connectivity index (χ2v) is 16.5. The maximum Gasteiger partial charge on any atom is 0.504 e. The van der Waals surface area contributed by atoms with E-state index in [9.17, 15) is 22.4 Å². The zero-order valence-electron chi connectivity index (χ0n) is 28.9. The summed E-state index contributed by atoms with van der Waals surface area (Å²) in [5.41, 5.74) is 10.0. The van der Waals surface area contributed by atoms with Crippen LogP contribution in [0, 0.1) is 0 Å². The summed E-state index contributed by atoms with van der Waals surface area (Å²) in [6.07, 6.45) is 15.9. The second-order valence-electron chi connectivity index (χ2n) is 12.5. The summed E-state index contributed by atoms with van der Waals surface area (Å²) in [6.45, 7) is 5.35. The molecule has 0 aliphatic heterocycles. The minimum atomic E-state index is -4.82. The standard InChI is InChI=1S/C39H50N2O6S2/c1-3-5-7-9-11-13-19-29-46-35-25-27-37(33-23-17-15-21-31(33)35)48(42,43)39(41-40)49(44,45)38-28-26-36(32-22-16-18-24-34(32)38)47-30-20-14-12-10-8-6-4-2/h15-18,21-28H,3-14,19-20,29-30H2,1-2H3. The number of fused-ring (bicyclic) bond motifs is 2. The van der Waals surface area contributed by atoms with E-state index in [2.05, 4.69) is 18.6 Å². The Hall–Kier alpha value is -3.72. The normalized spacial score (nSPS) is 11.9. The zero-order chi connectivity index (χ0) is 35.1. The van der Waals surface area contributed by atoms with E-state index in [1.807, 2.05) is 0 Å². The van der Waals surface area contributed by atoms with Crippen molar-refractivity contribution in [3.8, 4) is 11.5 Å². The molecule has 10 heteroatoms. The van der Waals surface area contributed by atoms with E-state index in [1.165, 1.54) is 75.6 Å². The van der Waals surface area contributed by atoms with Crippen LogP contribution in [0.15, 0.2) is 82.6 Å². The number of hydrogen-bond acceptors (Lipinski definition) is 6. The molecule has 0 saturated carbocycles. The number of hydrogen-bond donors (Lipinski definition) is 0. The molecule has 4 aromatic rings. The first-order valence-electron chi connectivity index (χ1n) is 17.8. The molecular weight excluding hydrogens is 657 g/mol. The lowest BCUT2D eigenvalue weighted by Gasteiger charge is -2.13. The third kappa shape index (κ3) is 9.71. The highest BCUT2D eigenvalue weighted by atomic mass is 32.3. The maximum atomic E-state index is 14.1. The van der Waals surface area contributed by atoms with Gasteiger partial charge in [-0.3, -0.25) is 0 Å². The Morgan fingerprint density at radius 3 is 1.22 bits per heavy atom. The van der Waals surface area contributed by atoms with Crippen molar-refractivity contribution in [2.45, 2.75) is 114 Å². The fourth-order valence-corrected chi connectivity index (χ4v) is 9.85. The summed E-state index contributed by atoms with van der Waals surface area (Å²) < 4.78 is 67.0. The van der Waals surface area contributed by atoms with Gasteiger partial charge in [0.1, 0.15) is 11.5 Å². The van der Waals surface area contributed by atoms with Gasteiger partial charge in [0.25, 0.3) is 19.7 Å². The van der Waals surface area contributed by atoms with Crippen LogP contribution in [-0.2, 0) is 19.7 Å². The summed E-state index contributed by atoms with van der Waals surface area (Å²) in [5.74, 6) is 1.01. The Morgan fingerprint density at radius 1 is 0.510 bits per heavy atom. The van der Waals surface area contributed by atoms with E-state index in [-0.39, 0.29) is 20.6 Å². The smallest absolute Gasteiger partial charge is 0.493 e. The Labute approximate surface area is 292 Å². The van der Waals surface area contributed by atoms with Crippen molar-refractivity contribution in [1.82, 2.24) is 0 Å². The van der Waals surface area contributed by atoms with Crippen LogP contribution < -0.4 is 9.47 Å². The average Bonchev–Trinajstić information content (AvgIpc) is 3.10. The SMILES string of the molecule is CCCCCCCCCOc1ccc(S(=O)(=O)C(=[N+]=[N-])S(=O)(=O)c2ccc(OCCCCCCCCC)c3ccccc23)c2ccccc12. The van der Waals surface area contributed by atoms with Gasteiger partial charge in [0.15, 0.2) is 0 Å². The summed E-state index contributed by atoms with van der Waals surface area (Å²) in [6, 6.07) is 19.2. The van der Waals surface area contributed by atoms with Crippen molar-refractivity contribution >= 4 is 45.6 Å². The van der Waals surface area contributed by atoms with E-state index in [4.69, 9.17) is 9.47 Å². The molecule has 49 heavy (non-hydrogen) atoms. The highest BCUT2D eigenvalue weighted by Gasteiger charge is 2.45. The van der Waals surface area contributed by atoms with Gasteiger partial charge < -0.3 is 15.0 Å². The van der Waals surface area contributed by atoms with Gasteiger partial charge >= 0.3 is 4.38 Å². The van der Waals surface area contributed by atoms with Crippen LogP contribution in [0.4, 0.5) is 0 Å². The number of ether oxygens (including phenoxy) is 2. The van der Waals surface area contributed by atoms with Crippen molar-refractivity contribution in [3.63, 3.8) is 0 Å². The Bertz CT molecular complexity index is 1820. The largest absolute Gasteiger partial charge is 0.504 e. The topological polar surface area (TPSA) is 123 Å². The van der Waals surface area contributed by atoms with Gasteiger partial charge in [-0.15, -0.1) is 4.79 Å². The fraction of sp³-hybridized carbons (Fsp3) is 0.462. The average molecular weight is 707 g/mol. The highest BCUT2D eigenvalue weighted by Crippen LogP contribution is 2.36. The first kappa shape index (κ1) is 38.1. The second kappa shape index (κ2) is 18.9. The molecule has 0 atom stereocenters. The Kier molecular flexibility index (Phi) is 14.7. The fourth-order valence-electron chi connectivity index (χ4n) is 6.13. The van der Waals surface area contributed by atoms with Crippen molar-refractivity contribution in [2.24, 2.45) is 0 Å². The van der Waals surface area contributed by atoms with E-state index in [0.717, 1.165) is 38.5 Å². The molecule has 0 bridgehead atoms. The summed E-state index contributed by atoms with van der Waals surface area (Å²) in [7, 11) is -9.65. The van der Waals surface area contributed by atoms with Crippen LogP contribution in [-0.4, -0.2) is 39.2 Å². The van der Waals surface area contributed by atoms with Crippen LogP contribution in [0.5, 0.6) is 11.5 Å². The third-order valence-electron chi connectivity index (χ3n) is 8.82. The molecule has 0 spiro atoms. The quantitative estimate of drug-likeness (QED) is 0.0296. The molecule has 0 fully saturated rings. The lowest BCUT2D eigenvalue weighted by atomic mass is 10.1. The molecule has 0 radical (unpaired) electrons.